The van der Waals surface area contributed by atoms with Crippen molar-refractivity contribution in [2.45, 2.75) is 59.8 Å². The summed E-state index contributed by atoms with van der Waals surface area (Å²) in [6, 6.07) is 0. The second-order valence-electron chi connectivity index (χ2n) is 7.15. The zero-order valence-corrected chi connectivity index (χ0v) is 13.8. The number of hydrogen-bond donors (Lipinski definition) is 1. The summed E-state index contributed by atoms with van der Waals surface area (Å²) in [7, 11) is 0. The molecule has 1 aliphatic rings. The molecule has 0 heterocycles. The van der Waals surface area contributed by atoms with Gasteiger partial charge in [0.1, 0.15) is 0 Å². The van der Waals surface area contributed by atoms with Crippen molar-refractivity contribution in [3.05, 3.63) is 0 Å². The minimum absolute atomic E-state index is 0.553. The van der Waals surface area contributed by atoms with Crippen molar-refractivity contribution in [1.29, 1.82) is 0 Å². The molecule has 0 spiro atoms. The van der Waals surface area contributed by atoms with Gasteiger partial charge in [0.05, 0.1) is 0 Å². The van der Waals surface area contributed by atoms with Gasteiger partial charge in [0, 0.05) is 6.54 Å². The molecule has 0 aromatic rings. The van der Waals surface area contributed by atoms with Crippen molar-refractivity contribution >= 4 is 12.6 Å². The summed E-state index contributed by atoms with van der Waals surface area (Å²) < 4.78 is 0. The molecule has 0 saturated heterocycles. The van der Waals surface area contributed by atoms with Crippen molar-refractivity contribution in [1.82, 2.24) is 4.90 Å². The van der Waals surface area contributed by atoms with Gasteiger partial charge >= 0.3 is 0 Å². The van der Waals surface area contributed by atoms with Gasteiger partial charge in [-0.1, -0.05) is 34.1 Å². The predicted molar refractivity (Wildman–Crippen MR) is 85.5 cm³/mol. The molecule has 1 saturated carbocycles. The zero-order chi connectivity index (χ0) is 13.6. The van der Waals surface area contributed by atoms with E-state index in [1.54, 1.807) is 0 Å². The van der Waals surface area contributed by atoms with E-state index >= 15 is 0 Å². The van der Waals surface area contributed by atoms with Gasteiger partial charge in [-0.3, -0.25) is 0 Å². The van der Waals surface area contributed by atoms with Crippen LogP contribution in [0.4, 0.5) is 0 Å². The molecule has 0 aromatic heterocycles. The lowest BCUT2D eigenvalue weighted by Gasteiger charge is -2.44. The Hall–Kier alpha value is 0.310. The molecular formula is C16H33NS. The van der Waals surface area contributed by atoms with Crippen molar-refractivity contribution < 1.29 is 0 Å². The molecule has 0 aromatic carbocycles. The molecule has 1 aliphatic carbocycles. The second-order valence-corrected chi connectivity index (χ2v) is 7.47. The average molecular weight is 272 g/mol. The normalized spacial score (nSPS) is 18.7. The monoisotopic (exact) mass is 271 g/mol. The van der Waals surface area contributed by atoms with Crippen LogP contribution in [0.5, 0.6) is 0 Å². The third-order valence-corrected chi connectivity index (χ3v) is 5.02. The van der Waals surface area contributed by atoms with E-state index in [4.69, 9.17) is 0 Å². The molecular weight excluding hydrogens is 238 g/mol. The smallest absolute Gasteiger partial charge is 0.00458 e. The first kappa shape index (κ1) is 16.4. The van der Waals surface area contributed by atoms with Crippen LogP contribution in [0.1, 0.15) is 59.8 Å². The Morgan fingerprint density at radius 2 is 1.50 bits per heavy atom. The van der Waals surface area contributed by atoms with Crippen LogP contribution < -0.4 is 0 Å². The Labute approximate surface area is 120 Å². The molecule has 0 N–H and O–H groups in total. The van der Waals surface area contributed by atoms with E-state index < -0.39 is 0 Å². The summed E-state index contributed by atoms with van der Waals surface area (Å²) in [4.78, 5) is 2.72. The first-order valence-corrected chi connectivity index (χ1v) is 8.44. The highest BCUT2D eigenvalue weighted by molar-refractivity contribution is 7.80. The Morgan fingerprint density at radius 3 is 1.78 bits per heavy atom. The van der Waals surface area contributed by atoms with Crippen LogP contribution in [0.2, 0.25) is 0 Å². The molecule has 0 radical (unpaired) electrons. The van der Waals surface area contributed by atoms with Crippen LogP contribution in [-0.2, 0) is 0 Å². The lowest BCUT2D eigenvalue weighted by molar-refractivity contribution is 0.0844. The summed E-state index contributed by atoms with van der Waals surface area (Å²) in [5.41, 5.74) is 0.553. The summed E-state index contributed by atoms with van der Waals surface area (Å²) in [5.74, 6) is 2.71. The van der Waals surface area contributed by atoms with E-state index in [1.165, 1.54) is 51.7 Å². The third kappa shape index (κ3) is 5.52. The molecule has 18 heavy (non-hydrogen) atoms. The Balaban J connectivity index is 2.42. The highest BCUT2D eigenvalue weighted by Crippen LogP contribution is 2.42. The molecule has 2 heteroatoms. The quantitative estimate of drug-likeness (QED) is 0.605. The molecule has 1 nitrogen and oxygen atoms in total. The Morgan fingerprint density at radius 1 is 1.00 bits per heavy atom. The van der Waals surface area contributed by atoms with E-state index in [-0.39, 0.29) is 0 Å². The summed E-state index contributed by atoms with van der Waals surface area (Å²) in [6.45, 7) is 13.2. The first-order chi connectivity index (χ1) is 8.47. The van der Waals surface area contributed by atoms with E-state index in [0.29, 0.717) is 5.41 Å². The van der Waals surface area contributed by atoms with Crippen molar-refractivity contribution in [2.24, 2.45) is 17.3 Å². The zero-order valence-electron chi connectivity index (χ0n) is 12.9. The number of hydrogen-bond acceptors (Lipinski definition) is 2. The molecule has 0 amide bonds. The molecule has 0 aliphatic heterocycles. The maximum absolute atomic E-state index is 4.60. The minimum Gasteiger partial charge on any atom is -0.303 e. The molecule has 108 valence electrons. The number of nitrogens with zero attached hydrogens (tertiary/aromatic N) is 1. The Kier molecular flexibility index (Phi) is 7.08. The minimum atomic E-state index is 0.553. The Bertz CT molecular complexity index is 204. The SMILES string of the molecule is CC(C)CCN(CCC(C)C)CC1(CS)CCC1. The van der Waals surface area contributed by atoms with E-state index in [0.717, 1.165) is 17.6 Å². The molecule has 0 atom stereocenters. The van der Waals surface area contributed by atoms with E-state index in [2.05, 4.69) is 45.2 Å². The summed E-state index contributed by atoms with van der Waals surface area (Å²) in [5, 5.41) is 0. The lowest BCUT2D eigenvalue weighted by Crippen LogP contribution is -2.44. The fraction of sp³-hybridized carbons (Fsp3) is 1.00. The van der Waals surface area contributed by atoms with Gasteiger partial charge in [-0.25, -0.2) is 0 Å². The number of rotatable bonds is 9. The van der Waals surface area contributed by atoms with Crippen molar-refractivity contribution in [2.75, 3.05) is 25.4 Å². The second kappa shape index (κ2) is 7.79. The van der Waals surface area contributed by atoms with Crippen molar-refractivity contribution in [3.63, 3.8) is 0 Å². The van der Waals surface area contributed by atoms with Crippen molar-refractivity contribution in [3.8, 4) is 0 Å². The fourth-order valence-electron chi connectivity index (χ4n) is 2.67. The van der Waals surface area contributed by atoms with Gasteiger partial charge in [0.25, 0.3) is 0 Å². The van der Waals surface area contributed by atoms with Gasteiger partial charge in [0.2, 0.25) is 0 Å². The van der Waals surface area contributed by atoms with Gasteiger partial charge in [-0.05, 0) is 61.8 Å². The highest BCUT2D eigenvalue weighted by atomic mass is 32.1. The van der Waals surface area contributed by atoms with Crippen LogP contribution in [-0.4, -0.2) is 30.3 Å². The molecule has 0 unspecified atom stereocenters. The van der Waals surface area contributed by atoms with Gasteiger partial charge in [0.15, 0.2) is 0 Å². The van der Waals surface area contributed by atoms with Gasteiger partial charge in [-0.15, -0.1) is 0 Å². The largest absolute Gasteiger partial charge is 0.303 e. The maximum Gasteiger partial charge on any atom is 0.00458 e. The lowest BCUT2D eigenvalue weighted by atomic mass is 9.70. The highest BCUT2D eigenvalue weighted by Gasteiger charge is 2.36. The summed E-state index contributed by atoms with van der Waals surface area (Å²) in [6.07, 6.45) is 6.89. The molecule has 1 fully saturated rings. The van der Waals surface area contributed by atoms with Gasteiger partial charge < -0.3 is 4.90 Å². The van der Waals surface area contributed by atoms with Crippen LogP contribution in [0, 0.1) is 17.3 Å². The predicted octanol–water partition coefficient (Wildman–Crippen LogP) is 4.48. The van der Waals surface area contributed by atoms with Crippen LogP contribution in [0.25, 0.3) is 0 Å². The molecule has 1 rings (SSSR count). The average Bonchev–Trinajstić information content (AvgIpc) is 2.25. The third-order valence-electron chi connectivity index (χ3n) is 4.35. The summed E-state index contributed by atoms with van der Waals surface area (Å²) >= 11 is 4.60. The molecule has 0 bridgehead atoms. The van der Waals surface area contributed by atoms with E-state index in [9.17, 15) is 0 Å². The van der Waals surface area contributed by atoms with E-state index in [1.807, 2.05) is 0 Å². The van der Waals surface area contributed by atoms with Crippen LogP contribution >= 0.6 is 12.6 Å². The topological polar surface area (TPSA) is 3.24 Å². The fourth-order valence-corrected chi connectivity index (χ4v) is 3.09. The van der Waals surface area contributed by atoms with Crippen LogP contribution in [0.3, 0.4) is 0 Å². The number of thiol groups is 1. The van der Waals surface area contributed by atoms with Gasteiger partial charge in [-0.2, -0.15) is 12.6 Å². The van der Waals surface area contributed by atoms with Crippen LogP contribution in [0.15, 0.2) is 0 Å². The maximum atomic E-state index is 4.60. The first-order valence-electron chi connectivity index (χ1n) is 7.81. The standard InChI is InChI=1S/C16H33NS/c1-14(2)6-10-17(11-7-15(3)4)12-16(13-18)8-5-9-16/h14-15,18H,5-13H2,1-4H3.